The van der Waals surface area contributed by atoms with E-state index in [0.29, 0.717) is 11.5 Å². The molecule has 1 heterocycles. The van der Waals surface area contributed by atoms with Crippen molar-refractivity contribution in [2.75, 3.05) is 6.61 Å². The zero-order valence-electron chi connectivity index (χ0n) is 15.1. The van der Waals surface area contributed by atoms with Crippen LogP contribution < -0.4 is 10.1 Å². The summed E-state index contributed by atoms with van der Waals surface area (Å²) in [5, 5.41) is 13.5. The van der Waals surface area contributed by atoms with E-state index in [1.165, 1.54) is 37.3 Å². The van der Waals surface area contributed by atoms with Crippen LogP contribution in [-0.2, 0) is 16.1 Å². The summed E-state index contributed by atoms with van der Waals surface area (Å²) in [4.78, 5) is 33.7. The average Bonchev–Trinajstić information content (AvgIpc) is 3.10. The van der Waals surface area contributed by atoms with E-state index in [-0.39, 0.29) is 35.4 Å². The molecule has 1 aromatic heterocycles. The van der Waals surface area contributed by atoms with Crippen molar-refractivity contribution in [1.82, 2.24) is 5.32 Å². The average molecular weight is 409 g/mol. The van der Waals surface area contributed by atoms with Gasteiger partial charge < -0.3 is 19.2 Å². The van der Waals surface area contributed by atoms with Gasteiger partial charge in [-0.3, -0.25) is 14.9 Å². The van der Waals surface area contributed by atoms with Crippen molar-refractivity contribution < 1.29 is 28.4 Å². The van der Waals surface area contributed by atoms with Crippen LogP contribution in [0.1, 0.15) is 30.2 Å². The summed E-state index contributed by atoms with van der Waals surface area (Å²) >= 11 is 5.96. The molecule has 2 aromatic rings. The van der Waals surface area contributed by atoms with Crippen LogP contribution in [0, 0.1) is 10.1 Å². The molecular weight excluding hydrogens is 392 g/mol. The van der Waals surface area contributed by atoms with Crippen LogP contribution in [0.15, 0.2) is 46.5 Å². The van der Waals surface area contributed by atoms with Gasteiger partial charge in [-0.2, -0.15) is 0 Å². The van der Waals surface area contributed by atoms with E-state index in [1.807, 2.05) is 0 Å². The molecule has 0 radical (unpaired) electrons. The number of amides is 1. The van der Waals surface area contributed by atoms with E-state index in [4.69, 9.17) is 25.5 Å². The number of hydrogen-bond acceptors (Lipinski definition) is 7. The lowest BCUT2D eigenvalue weighted by atomic mass is 10.3. The second-order valence-corrected chi connectivity index (χ2v) is 5.87. The predicted molar refractivity (Wildman–Crippen MR) is 99.0 cm³/mol. The van der Waals surface area contributed by atoms with E-state index in [0.717, 1.165) is 6.08 Å². The Hall–Kier alpha value is -3.33. The number of furan rings is 1. The number of benzene rings is 1. The second-order valence-electron chi connectivity index (χ2n) is 5.46. The van der Waals surface area contributed by atoms with Crippen molar-refractivity contribution in [3.8, 4) is 5.75 Å². The Bertz CT molecular complexity index is 920. The standard InChI is InChI=1S/C18H17ClN2O7/c1-3-26-17(22)8-11(2)20-18(23)15-7-5-13(28-15)10-27-16-9-12(21(24)25)4-6-14(16)19/h4-9H,3,10H2,1-2H3,(H,20,23)/b11-8+. The first-order chi connectivity index (χ1) is 13.3. The summed E-state index contributed by atoms with van der Waals surface area (Å²) in [5.74, 6) is -0.702. The number of ether oxygens (including phenoxy) is 2. The van der Waals surface area contributed by atoms with Crippen molar-refractivity contribution in [2.24, 2.45) is 0 Å². The SMILES string of the molecule is CCOC(=O)/C=C(\C)NC(=O)c1ccc(COc2cc([N+](=O)[O-])ccc2Cl)o1. The lowest BCUT2D eigenvalue weighted by Crippen LogP contribution is -2.21. The molecule has 0 bridgehead atoms. The third kappa shape index (κ3) is 5.85. The molecule has 0 saturated carbocycles. The van der Waals surface area contributed by atoms with Crippen LogP contribution in [0.2, 0.25) is 5.02 Å². The largest absolute Gasteiger partial charge is 0.484 e. The number of rotatable bonds is 8. The maximum Gasteiger partial charge on any atom is 0.332 e. The summed E-state index contributed by atoms with van der Waals surface area (Å²) in [7, 11) is 0. The molecule has 0 aliphatic rings. The van der Waals surface area contributed by atoms with Gasteiger partial charge in [0, 0.05) is 17.8 Å². The van der Waals surface area contributed by atoms with Gasteiger partial charge in [-0.1, -0.05) is 11.6 Å². The number of hydrogen-bond donors (Lipinski definition) is 1. The third-order valence-corrected chi connectivity index (χ3v) is 3.62. The molecule has 1 amide bonds. The summed E-state index contributed by atoms with van der Waals surface area (Å²) in [6.45, 7) is 3.34. The molecule has 0 spiro atoms. The zero-order chi connectivity index (χ0) is 20.7. The molecule has 1 N–H and O–H groups in total. The minimum atomic E-state index is -0.567. The predicted octanol–water partition coefficient (Wildman–Crippen LogP) is 3.62. The fourth-order valence-electron chi connectivity index (χ4n) is 2.08. The highest BCUT2D eigenvalue weighted by molar-refractivity contribution is 6.32. The quantitative estimate of drug-likeness (QED) is 0.306. The number of esters is 1. The molecule has 0 unspecified atom stereocenters. The van der Waals surface area contributed by atoms with Crippen molar-refractivity contribution in [2.45, 2.75) is 20.5 Å². The van der Waals surface area contributed by atoms with Gasteiger partial charge in [-0.05, 0) is 32.0 Å². The molecule has 0 fully saturated rings. The number of nitro benzene ring substituents is 1. The Balaban J connectivity index is 1.99. The van der Waals surface area contributed by atoms with Gasteiger partial charge in [-0.15, -0.1) is 0 Å². The number of carbonyl (C=O) groups excluding carboxylic acids is 2. The van der Waals surface area contributed by atoms with E-state index in [2.05, 4.69) is 5.32 Å². The van der Waals surface area contributed by atoms with Gasteiger partial charge >= 0.3 is 5.97 Å². The highest BCUT2D eigenvalue weighted by Gasteiger charge is 2.14. The number of nitrogens with zero attached hydrogens (tertiary/aromatic N) is 1. The Morgan fingerprint density at radius 2 is 2.07 bits per heavy atom. The Kier molecular flexibility index (Phi) is 7.16. The number of nitro groups is 1. The lowest BCUT2D eigenvalue weighted by molar-refractivity contribution is -0.384. The second kappa shape index (κ2) is 9.56. The van der Waals surface area contributed by atoms with E-state index in [1.54, 1.807) is 6.92 Å². The molecule has 0 atom stereocenters. The number of allylic oxidation sites excluding steroid dienone is 1. The first kappa shape index (κ1) is 21.0. The minimum absolute atomic E-state index is 0.000322. The Labute approximate surface area is 165 Å². The number of nitrogens with one attached hydrogen (secondary N) is 1. The summed E-state index contributed by atoms with van der Waals surface area (Å²) in [6, 6.07) is 6.76. The van der Waals surface area contributed by atoms with Crippen molar-refractivity contribution >= 4 is 29.2 Å². The normalized spacial score (nSPS) is 11.0. The van der Waals surface area contributed by atoms with E-state index < -0.39 is 16.8 Å². The molecule has 9 nitrogen and oxygen atoms in total. The topological polar surface area (TPSA) is 121 Å². The lowest BCUT2D eigenvalue weighted by Gasteiger charge is -2.06. The molecule has 0 aliphatic carbocycles. The van der Waals surface area contributed by atoms with E-state index >= 15 is 0 Å². The summed E-state index contributed by atoms with van der Waals surface area (Å²) in [6.07, 6.45) is 1.15. The number of non-ortho nitro benzene ring substituents is 1. The van der Waals surface area contributed by atoms with Gasteiger partial charge in [0.15, 0.2) is 5.76 Å². The molecule has 28 heavy (non-hydrogen) atoms. The van der Waals surface area contributed by atoms with Crippen molar-refractivity contribution in [1.29, 1.82) is 0 Å². The first-order valence-electron chi connectivity index (χ1n) is 8.12. The van der Waals surface area contributed by atoms with Crippen LogP contribution >= 0.6 is 11.6 Å². The summed E-state index contributed by atoms with van der Waals surface area (Å²) < 4.78 is 15.6. The van der Waals surface area contributed by atoms with Crippen molar-refractivity contribution in [3.05, 3.63) is 68.8 Å². The van der Waals surface area contributed by atoms with E-state index in [9.17, 15) is 19.7 Å². The van der Waals surface area contributed by atoms with Crippen LogP contribution in [0.25, 0.3) is 0 Å². The highest BCUT2D eigenvalue weighted by Crippen LogP contribution is 2.29. The Morgan fingerprint density at radius 1 is 1.32 bits per heavy atom. The number of carbonyl (C=O) groups is 2. The summed E-state index contributed by atoms with van der Waals surface area (Å²) in [5.41, 5.74) is 0.129. The molecule has 2 rings (SSSR count). The zero-order valence-corrected chi connectivity index (χ0v) is 15.8. The van der Waals surface area contributed by atoms with Crippen LogP contribution in [0.5, 0.6) is 5.75 Å². The van der Waals surface area contributed by atoms with Crippen molar-refractivity contribution in [3.63, 3.8) is 0 Å². The maximum absolute atomic E-state index is 12.1. The molecule has 148 valence electrons. The molecule has 10 heteroatoms. The van der Waals surface area contributed by atoms with Gasteiger partial charge in [0.25, 0.3) is 11.6 Å². The monoisotopic (exact) mass is 408 g/mol. The highest BCUT2D eigenvalue weighted by atomic mass is 35.5. The van der Waals surface area contributed by atoms with Crippen LogP contribution in [-0.4, -0.2) is 23.4 Å². The maximum atomic E-state index is 12.1. The molecular formula is C18H17ClN2O7. The fraction of sp³-hybridized carbons (Fsp3) is 0.222. The van der Waals surface area contributed by atoms with Gasteiger partial charge in [0.2, 0.25) is 0 Å². The van der Waals surface area contributed by atoms with Gasteiger partial charge in [0.1, 0.15) is 18.1 Å². The molecule has 0 aliphatic heterocycles. The fourth-order valence-corrected chi connectivity index (χ4v) is 2.25. The van der Waals surface area contributed by atoms with Gasteiger partial charge in [0.05, 0.1) is 22.6 Å². The van der Waals surface area contributed by atoms with Crippen LogP contribution in [0.4, 0.5) is 5.69 Å². The third-order valence-electron chi connectivity index (χ3n) is 3.31. The number of halogens is 1. The molecule has 1 aromatic carbocycles. The minimum Gasteiger partial charge on any atom is -0.484 e. The first-order valence-corrected chi connectivity index (χ1v) is 8.49. The van der Waals surface area contributed by atoms with Crippen LogP contribution in [0.3, 0.4) is 0 Å². The molecule has 0 saturated heterocycles. The smallest absolute Gasteiger partial charge is 0.332 e. The Morgan fingerprint density at radius 3 is 2.75 bits per heavy atom. The van der Waals surface area contributed by atoms with Gasteiger partial charge in [-0.25, -0.2) is 4.79 Å².